The van der Waals surface area contributed by atoms with E-state index < -0.39 is 18.4 Å². The lowest BCUT2D eigenvalue weighted by atomic mass is 10.2. The molecule has 106 valence electrons. The monoisotopic (exact) mass is 287 g/mol. The molecular weight excluding hydrogens is 270 g/mol. The summed E-state index contributed by atoms with van der Waals surface area (Å²) in [4.78, 5) is 24.1. The van der Waals surface area contributed by atoms with Crippen molar-refractivity contribution >= 4 is 23.6 Å². The summed E-state index contributed by atoms with van der Waals surface area (Å²) in [5, 5.41) is 10.7. The third-order valence-electron chi connectivity index (χ3n) is 2.41. The van der Waals surface area contributed by atoms with Crippen molar-refractivity contribution in [1.82, 2.24) is 4.90 Å². The quantitative estimate of drug-likeness (QED) is 0.814. The predicted molar refractivity (Wildman–Crippen MR) is 70.4 cm³/mol. The van der Waals surface area contributed by atoms with Gasteiger partial charge in [-0.25, -0.2) is 9.59 Å². The first-order chi connectivity index (χ1) is 9.04. The maximum absolute atomic E-state index is 11.4. The van der Waals surface area contributed by atoms with Gasteiger partial charge >= 0.3 is 12.2 Å². The summed E-state index contributed by atoms with van der Waals surface area (Å²) < 4.78 is 9.93. The molecule has 0 aromatic carbocycles. The van der Waals surface area contributed by atoms with Crippen LogP contribution in [0.4, 0.5) is 9.59 Å². The normalized spacial score (nSPS) is 11.7. The fourth-order valence-electron chi connectivity index (χ4n) is 1.41. The van der Waals surface area contributed by atoms with Gasteiger partial charge in [0, 0.05) is 24.9 Å². The Balaban J connectivity index is 2.60. The van der Waals surface area contributed by atoms with Crippen molar-refractivity contribution in [3.8, 4) is 0 Å². The number of ether oxygens (including phenoxy) is 2. The molecule has 0 aliphatic heterocycles. The van der Waals surface area contributed by atoms with Crippen molar-refractivity contribution in [2.75, 3.05) is 20.2 Å². The Hall–Kier alpha value is -1.76. The molecule has 0 spiro atoms. The predicted octanol–water partition coefficient (Wildman–Crippen LogP) is 2.96. The fourth-order valence-corrected chi connectivity index (χ4v) is 2.20. The molecule has 0 unspecified atom stereocenters. The second-order valence-corrected chi connectivity index (χ2v) is 4.78. The van der Waals surface area contributed by atoms with E-state index in [-0.39, 0.29) is 13.2 Å². The smallest absolute Gasteiger partial charge is 0.465 e. The molecule has 1 amide bonds. The fraction of sp³-hybridized carbons (Fsp3) is 0.500. The zero-order valence-corrected chi connectivity index (χ0v) is 11.7. The van der Waals surface area contributed by atoms with Crippen LogP contribution in [-0.2, 0) is 9.47 Å². The second-order valence-electron chi connectivity index (χ2n) is 3.80. The zero-order chi connectivity index (χ0) is 14.3. The Morgan fingerprint density at radius 2 is 2.26 bits per heavy atom. The Bertz CT molecular complexity index is 406. The van der Waals surface area contributed by atoms with Gasteiger partial charge < -0.3 is 19.5 Å². The molecule has 0 saturated heterocycles. The highest BCUT2D eigenvalue weighted by Gasteiger charge is 2.20. The summed E-state index contributed by atoms with van der Waals surface area (Å²) in [6.07, 6.45) is -1.84. The van der Waals surface area contributed by atoms with Crippen LogP contribution >= 0.6 is 11.3 Å². The molecule has 6 nitrogen and oxygen atoms in total. The van der Waals surface area contributed by atoms with Gasteiger partial charge in [-0.1, -0.05) is 6.07 Å². The maximum Gasteiger partial charge on any atom is 0.508 e. The molecule has 0 aliphatic carbocycles. The van der Waals surface area contributed by atoms with Crippen molar-refractivity contribution in [2.24, 2.45) is 0 Å². The van der Waals surface area contributed by atoms with E-state index in [2.05, 4.69) is 0 Å². The van der Waals surface area contributed by atoms with Crippen LogP contribution in [0.25, 0.3) is 0 Å². The first kappa shape index (κ1) is 15.3. The van der Waals surface area contributed by atoms with Gasteiger partial charge in [-0.15, -0.1) is 11.3 Å². The topological polar surface area (TPSA) is 76.1 Å². The van der Waals surface area contributed by atoms with E-state index in [1.807, 2.05) is 17.5 Å². The van der Waals surface area contributed by atoms with Gasteiger partial charge in [0.05, 0.1) is 6.61 Å². The summed E-state index contributed by atoms with van der Waals surface area (Å²) in [6, 6.07) is 3.69. The molecule has 0 radical (unpaired) electrons. The van der Waals surface area contributed by atoms with E-state index >= 15 is 0 Å². The van der Waals surface area contributed by atoms with Crippen LogP contribution in [0, 0.1) is 0 Å². The number of carboxylic acid groups (broad SMARTS) is 1. The van der Waals surface area contributed by atoms with E-state index in [4.69, 9.17) is 14.6 Å². The minimum Gasteiger partial charge on any atom is -0.465 e. The summed E-state index contributed by atoms with van der Waals surface area (Å²) in [5.74, 6) is 0. The van der Waals surface area contributed by atoms with Gasteiger partial charge in [0.15, 0.2) is 0 Å². The first-order valence-corrected chi connectivity index (χ1v) is 6.73. The van der Waals surface area contributed by atoms with Gasteiger partial charge in [0.2, 0.25) is 0 Å². The van der Waals surface area contributed by atoms with Crippen molar-refractivity contribution in [2.45, 2.75) is 19.4 Å². The van der Waals surface area contributed by atoms with E-state index in [9.17, 15) is 9.59 Å². The molecule has 0 fully saturated rings. The highest BCUT2D eigenvalue weighted by molar-refractivity contribution is 7.10. The average Bonchev–Trinajstić information content (AvgIpc) is 2.87. The number of carbonyl (C=O) groups excluding carboxylic acids is 1. The molecule has 0 saturated carbocycles. The third kappa shape index (κ3) is 5.17. The molecule has 1 aromatic rings. The molecular formula is C12H17NO5S. The minimum absolute atomic E-state index is 0.241. The summed E-state index contributed by atoms with van der Waals surface area (Å²) >= 11 is 1.45. The molecule has 1 N–H and O–H groups in total. The van der Waals surface area contributed by atoms with Gasteiger partial charge in [0.25, 0.3) is 0 Å². The zero-order valence-electron chi connectivity index (χ0n) is 10.9. The van der Waals surface area contributed by atoms with Crippen molar-refractivity contribution in [3.05, 3.63) is 22.4 Å². The Morgan fingerprint density at radius 1 is 1.53 bits per heavy atom. The van der Waals surface area contributed by atoms with Crippen LogP contribution in [0.2, 0.25) is 0 Å². The largest absolute Gasteiger partial charge is 0.508 e. The molecule has 7 heteroatoms. The Kier molecular flexibility index (Phi) is 6.14. The van der Waals surface area contributed by atoms with Gasteiger partial charge in [-0.2, -0.15) is 0 Å². The lowest BCUT2D eigenvalue weighted by Gasteiger charge is -2.19. The molecule has 1 rings (SSSR count). The number of amides is 1. The second kappa shape index (κ2) is 7.63. The van der Waals surface area contributed by atoms with Crippen LogP contribution in [0.3, 0.4) is 0 Å². The van der Waals surface area contributed by atoms with E-state index in [0.29, 0.717) is 6.42 Å². The lowest BCUT2D eigenvalue weighted by molar-refractivity contribution is 0.0216. The Morgan fingerprint density at radius 3 is 2.79 bits per heavy atom. The van der Waals surface area contributed by atoms with Crippen LogP contribution in [0.15, 0.2) is 17.5 Å². The molecule has 0 aliphatic rings. The minimum atomic E-state index is -1.01. The summed E-state index contributed by atoms with van der Waals surface area (Å²) in [5.41, 5.74) is 0. The van der Waals surface area contributed by atoms with Gasteiger partial charge in [-0.05, 0) is 18.4 Å². The molecule has 19 heavy (non-hydrogen) atoms. The van der Waals surface area contributed by atoms with Crippen LogP contribution in [-0.4, -0.2) is 42.5 Å². The molecule has 1 atom stereocenters. The van der Waals surface area contributed by atoms with Crippen molar-refractivity contribution < 1.29 is 24.2 Å². The van der Waals surface area contributed by atoms with E-state index in [1.54, 1.807) is 6.92 Å². The number of thiophene rings is 1. The number of rotatable bonds is 6. The number of carbonyl (C=O) groups is 2. The first-order valence-electron chi connectivity index (χ1n) is 5.85. The number of hydrogen-bond acceptors (Lipinski definition) is 5. The standard InChI is InChI=1S/C12H17NO5S/c1-3-17-12(16)18-9(10-5-4-8-19-10)6-7-13(2)11(14)15/h4-5,8-9H,3,6-7H2,1-2H3,(H,14,15)/t9-/m1/s1. The third-order valence-corrected chi connectivity index (χ3v) is 3.38. The number of hydrogen-bond donors (Lipinski definition) is 1. The van der Waals surface area contributed by atoms with Crippen molar-refractivity contribution in [1.29, 1.82) is 0 Å². The molecule has 0 bridgehead atoms. The van der Waals surface area contributed by atoms with Crippen LogP contribution in [0.5, 0.6) is 0 Å². The van der Waals surface area contributed by atoms with Crippen LogP contribution in [0.1, 0.15) is 24.3 Å². The Labute approximate surface area is 115 Å². The summed E-state index contributed by atoms with van der Waals surface area (Å²) in [6.45, 7) is 2.21. The van der Waals surface area contributed by atoms with E-state index in [1.165, 1.54) is 18.4 Å². The van der Waals surface area contributed by atoms with E-state index in [0.717, 1.165) is 9.78 Å². The maximum atomic E-state index is 11.4. The SMILES string of the molecule is CCOC(=O)O[C@H](CCN(C)C(=O)O)c1cccs1. The highest BCUT2D eigenvalue weighted by atomic mass is 32.1. The average molecular weight is 287 g/mol. The summed E-state index contributed by atoms with van der Waals surface area (Å²) in [7, 11) is 1.47. The van der Waals surface area contributed by atoms with Crippen molar-refractivity contribution in [3.63, 3.8) is 0 Å². The van der Waals surface area contributed by atoms with Gasteiger partial charge in [-0.3, -0.25) is 0 Å². The number of nitrogens with zero attached hydrogens (tertiary/aromatic N) is 1. The highest BCUT2D eigenvalue weighted by Crippen LogP contribution is 2.26. The molecule has 1 heterocycles. The lowest BCUT2D eigenvalue weighted by Crippen LogP contribution is -2.27. The van der Waals surface area contributed by atoms with Gasteiger partial charge in [0.1, 0.15) is 6.10 Å². The molecule has 1 aromatic heterocycles. The van der Waals surface area contributed by atoms with Crippen LogP contribution < -0.4 is 0 Å².